The molecular formula is C17H26O5. The number of allylic oxidation sites excluding steroid dienone is 1. The molecule has 0 amide bonds. The third-order valence-corrected chi connectivity index (χ3v) is 3.32. The monoisotopic (exact) mass is 310 g/mol. The van der Waals surface area contributed by atoms with Crippen LogP contribution in [-0.2, 0) is 19.0 Å². The van der Waals surface area contributed by atoms with Gasteiger partial charge >= 0.3 is 5.97 Å². The quantitative estimate of drug-likeness (QED) is 0.496. The van der Waals surface area contributed by atoms with Crippen molar-refractivity contribution in [2.75, 3.05) is 13.2 Å². The third kappa shape index (κ3) is 5.40. The fourth-order valence-corrected chi connectivity index (χ4v) is 2.38. The molecule has 0 aromatic rings. The Morgan fingerprint density at radius 2 is 2.00 bits per heavy atom. The van der Waals surface area contributed by atoms with Crippen LogP contribution < -0.4 is 0 Å². The lowest BCUT2D eigenvalue weighted by molar-refractivity contribution is -0.169. The fraction of sp³-hybridized carbons (Fsp3) is 0.588. The average Bonchev–Trinajstić information content (AvgIpc) is 2.83. The molecule has 1 heterocycles. The molecular weight excluding hydrogens is 284 g/mol. The van der Waals surface area contributed by atoms with Gasteiger partial charge in [0.1, 0.15) is 12.2 Å². The summed E-state index contributed by atoms with van der Waals surface area (Å²) in [6.07, 6.45) is 8.27. The lowest BCUT2D eigenvalue weighted by Crippen LogP contribution is -2.30. The van der Waals surface area contributed by atoms with Crippen LogP contribution in [0.4, 0.5) is 0 Å². The Morgan fingerprint density at radius 1 is 1.32 bits per heavy atom. The summed E-state index contributed by atoms with van der Waals surface area (Å²) in [5.41, 5.74) is 0. The second-order valence-electron chi connectivity index (χ2n) is 5.09. The number of hydrogen-bond acceptors (Lipinski definition) is 5. The van der Waals surface area contributed by atoms with E-state index in [2.05, 4.69) is 13.2 Å². The fourth-order valence-electron chi connectivity index (χ4n) is 2.38. The van der Waals surface area contributed by atoms with Gasteiger partial charge < -0.3 is 19.3 Å². The maximum atomic E-state index is 11.3. The van der Waals surface area contributed by atoms with Crippen molar-refractivity contribution in [3.8, 4) is 0 Å². The number of rotatable bonds is 10. The predicted octanol–water partition coefficient (Wildman–Crippen LogP) is 2.51. The zero-order valence-corrected chi connectivity index (χ0v) is 13.2. The molecule has 1 rings (SSSR count). The summed E-state index contributed by atoms with van der Waals surface area (Å²) in [6, 6.07) is 0. The van der Waals surface area contributed by atoms with Crippen molar-refractivity contribution in [3.05, 3.63) is 37.5 Å². The van der Waals surface area contributed by atoms with E-state index in [-0.39, 0.29) is 18.7 Å². The molecule has 2 atom stereocenters. The van der Waals surface area contributed by atoms with Gasteiger partial charge in [-0.25, -0.2) is 0 Å². The van der Waals surface area contributed by atoms with Crippen molar-refractivity contribution in [1.82, 2.24) is 0 Å². The Kier molecular flexibility index (Phi) is 8.09. The summed E-state index contributed by atoms with van der Waals surface area (Å²) in [5, 5.41) is 9.46. The van der Waals surface area contributed by atoms with Crippen molar-refractivity contribution in [2.45, 2.75) is 50.6 Å². The van der Waals surface area contributed by atoms with Gasteiger partial charge in [0.25, 0.3) is 0 Å². The highest BCUT2D eigenvalue weighted by molar-refractivity contribution is 5.69. The SMILES string of the molecule is C=CCC1(CC=C)O[C@@H](/C=C\CCC(=O)OCC)[C@@H](CO)O1. The first-order valence-corrected chi connectivity index (χ1v) is 7.61. The normalized spacial score (nSPS) is 23.5. The lowest BCUT2D eigenvalue weighted by atomic mass is 10.1. The Morgan fingerprint density at radius 3 is 2.55 bits per heavy atom. The molecule has 0 radical (unpaired) electrons. The molecule has 1 saturated heterocycles. The van der Waals surface area contributed by atoms with Gasteiger partial charge in [-0.05, 0) is 13.3 Å². The molecule has 0 unspecified atom stereocenters. The third-order valence-electron chi connectivity index (χ3n) is 3.32. The first-order valence-electron chi connectivity index (χ1n) is 7.61. The highest BCUT2D eigenvalue weighted by Crippen LogP contribution is 2.35. The minimum atomic E-state index is -0.812. The summed E-state index contributed by atoms with van der Waals surface area (Å²) in [6.45, 7) is 9.46. The molecule has 22 heavy (non-hydrogen) atoms. The molecule has 5 nitrogen and oxygen atoms in total. The molecule has 1 aliphatic heterocycles. The van der Waals surface area contributed by atoms with E-state index in [0.29, 0.717) is 32.3 Å². The predicted molar refractivity (Wildman–Crippen MR) is 84.2 cm³/mol. The molecule has 1 N–H and O–H groups in total. The Labute approximate surface area is 132 Å². The first kappa shape index (κ1) is 18.6. The molecule has 5 heteroatoms. The van der Waals surface area contributed by atoms with Crippen LogP contribution in [0.25, 0.3) is 0 Å². The van der Waals surface area contributed by atoms with Crippen LogP contribution in [0.15, 0.2) is 37.5 Å². The van der Waals surface area contributed by atoms with Gasteiger partial charge in [-0.2, -0.15) is 0 Å². The summed E-state index contributed by atoms with van der Waals surface area (Å²) in [7, 11) is 0. The zero-order valence-electron chi connectivity index (χ0n) is 13.2. The molecule has 1 aliphatic rings. The van der Waals surface area contributed by atoms with Crippen LogP contribution >= 0.6 is 0 Å². The molecule has 124 valence electrons. The van der Waals surface area contributed by atoms with Gasteiger partial charge in [-0.1, -0.05) is 24.3 Å². The van der Waals surface area contributed by atoms with Gasteiger partial charge in [-0.3, -0.25) is 4.79 Å². The van der Waals surface area contributed by atoms with Crippen LogP contribution in [0.2, 0.25) is 0 Å². The summed E-state index contributed by atoms with van der Waals surface area (Å²) >= 11 is 0. The highest BCUT2D eigenvalue weighted by atomic mass is 16.8. The van der Waals surface area contributed by atoms with E-state index in [4.69, 9.17) is 14.2 Å². The van der Waals surface area contributed by atoms with Crippen LogP contribution in [0.3, 0.4) is 0 Å². The molecule has 0 bridgehead atoms. The molecule has 0 aromatic carbocycles. The molecule has 1 fully saturated rings. The number of hydrogen-bond donors (Lipinski definition) is 1. The minimum absolute atomic E-state index is 0.136. The largest absolute Gasteiger partial charge is 0.466 e. The molecule has 0 aliphatic carbocycles. The summed E-state index contributed by atoms with van der Waals surface area (Å²) < 4.78 is 16.7. The minimum Gasteiger partial charge on any atom is -0.466 e. The highest BCUT2D eigenvalue weighted by Gasteiger charge is 2.44. The van der Waals surface area contributed by atoms with E-state index in [1.165, 1.54) is 0 Å². The van der Waals surface area contributed by atoms with Crippen LogP contribution in [0.1, 0.15) is 32.6 Å². The van der Waals surface area contributed by atoms with Gasteiger partial charge in [-0.15, -0.1) is 13.2 Å². The number of aliphatic hydroxyl groups is 1. The van der Waals surface area contributed by atoms with E-state index < -0.39 is 11.9 Å². The van der Waals surface area contributed by atoms with Crippen molar-refractivity contribution in [3.63, 3.8) is 0 Å². The van der Waals surface area contributed by atoms with E-state index in [0.717, 1.165) is 0 Å². The number of carbonyl (C=O) groups is 1. The van der Waals surface area contributed by atoms with E-state index in [1.54, 1.807) is 19.1 Å². The van der Waals surface area contributed by atoms with Crippen molar-refractivity contribution in [1.29, 1.82) is 0 Å². The van der Waals surface area contributed by atoms with Crippen LogP contribution in [0, 0.1) is 0 Å². The average molecular weight is 310 g/mol. The number of ether oxygens (including phenoxy) is 3. The van der Waals surface area contributed by atoms with Gasteiger partial charge in [0.2, 0.25) is 0 Å². The smallest absolute Gasteiger partial charge is 0.306 e. The second-order valence-corrected chi connectivity index (χ2v) is 5.09. The van der Waals surface area contributed by atoms with Crippen molar-refractivity contribution >= 4 is 5.97 Å². The maximum Gasteiger partial charge on any atom is 0.306 e. The number of carbonyl (C=O) groups excluding carboxylic acids is 1. The van der Waals surface area contributed by atoms with Gasteiger partial charge in [0.15, 0.2) is 5.79 Å². The first-order chi connectivity index (χ1) is 10.6. The number of aliphatic hydroxyl groups excluding tert-OH is 1. The molecule has 0 aromatic heterocycles. The van der Waals surface area contributed by atoms with Crippen molar-refractivity contribution < 1.29 is 24.1 Å². The molecule has 0 spiro atoms. The molecule has 0 saturated carbocycles. The van der Waals surface area contributed by atoms with E-state index in [1.807, 2.05) is 12.2 Å². The van der Waals surface area contributed by atoms with E-state index >= 15 is 0 Å². The summed E-state index contributed by atoms with van der Waals surface area (Å²) in [5.74, 6) is -1.03. The van der Waals surface area contributed by atoms with Crippen molar-refractivity contribution in [2.24, 2.45) is 0 Å². The Balaban J connectivity index is 2.59. The lowest BCUT2D eigenvalue weighted by Gasteiger charge is -2.25. The maximum absolute atomic E-state index is 11.3. The zero-order chi connectivity index (χ0) is 16.4. The van der Waals surface area contributed by atoms with E-state index in [9.17, 15) is 9.90 Å². The topological polar surface area (TPSA) is 65.0 Å². The number of esters is 1. The van der Waals surface area contributed by atoms with Gasteiger partial charge in [0, 0.05) is 19.3 Å². The standard InChI is InChI=1S/C17H26O5/c1-4-11-17(12-5-2)21-14(15(13-18)22-17)9-7-8-10-16(19)20-6-3/h4-5,7,9,14-15,18H,1-2,6,8,10-13H2,3H3/b9-7-/t14-,15+/m0/s1. The Bertz CT molecular complexity index is 392. The van der Waals surface area contributed by atoms with Gasteiger partial charge in [0.05, 0.1) is 13.2 Å². The van der Waals surface area contributed by atoms with Crippen LogP contribution in [0.5, 0.6) is 0 Å². The Hall–Kier alpha value is -1.43. The second kappa shape index (κ2) is 9.56. The van der Waals surface area contributed by atoms with Crippen LogP contribution in [-0.4, -0.2) is 42.3 Å². The summed E-state index contributed by atoms with van der Waals surface area (Å²) in [4.78, 5) is 11.3.